The normalized spacial score (nSPS) is 11.0. The number of nitrogens with one attached hydrogen (secondary N) is 1. The van der Waals surface area contributed by atoms with Crippen LogP contribution in [0.4, 0.5) is 4.79 Å². The lowest BCUT2D eigenvalue weighted by molar-refractivity contribution is 0.0526. The molecule has 1 N–H and O–H groups in total. The molecular weight excluding hydrogens is 400 g/mol. The highest BCUT2D eigenvalue weighted by Crippen LogP contribution is 2.29. The van der Waals surface area contributed by atoms with Crippen molar-refractivity contribution in [3.8, 4) is 0 Å². The second-order valence-electron chi connectivity index (χ2n) is 7.05. The molecule has 6 heteroatoms. The second-order valence-corrected chi connectivity index (χ2v) is 7.42. The van der Waals surface area contributed by atoms with E-state index >= 15 is 0 Å². The predicted molar refractivity (Wildman–Crippen MR) is 129 cm³/mol. The largest absolute Gasteiger partial charge is 0.444 e. The molecule has 1 heterocycles. The van der Waals surface area contributed by atoms with E-state index in [1.54, 1.807) is 37.6 Å². The molecule has 0 unspecified atom stereocenters. The zero-order chi connectivity index (χ0) is 23.7. The van der Waals surface area contributed by atoms with E-state index in [-0.39, 0.29) is 0 Å². The molecule has 1 rings (SSSR count). The number of hydrogen-bond donors (Lipinski definition) is 1. The number of carbonyl (C=O) groups excluding carboxylic acids is 2. The van der Waals surface area contributed by atoms with Gasteiger partial charge in [0.15, 0.2) is 6.29 Å². The Hall–Kier alpha value is -2.27. The van der Waals surface area contributed by atoms with Crippen molar-refractivity contribution in [2.75, 3.05) is 6.54 Å². The van der Waals surface area contributed by atoms with Crippen LogP contribution in [0.5, 0.6) is 0 Å². The number of ether oxygens (including phenoxy) is 1. The van der Waals surface area contributed by atoms with Crippen LogP contribution >= 0.6 is 11.6 Å². The van der Waals surface area contributed by atoms with E-state index in [1.165, 1.54) is 6.42 Å². The molecule has 0 saturated carbocycles. The number of aromatic nitrogens is 1. The average Bonchev–Trinajstić information content (AvgIpc) is 2.98. The first kappa shape index (κ1) is 29.9. The van der Waals surface area contributed by atoms with Gasteiger partial charge in [-0.1, -0.05) is 76.6 Å². The number of allylic oxidation sites excluding steroid dienone is 5. The van der Waals surface area contributed by atoms with Gasteiger partial charge >= 0.3 is 6.09 Å². The molecule has 0 spiro atoms. The van der Waals surface area contributed by atoms with E-state index in [0.717, 1.165) is 11.1 Å². The third-order valence-corrected chi connectivity index (χ3v) is 3.54. The summed E-state index contributed by atoms with van der Waals surface area (Å²) in [6.07, 6.45) is 10.5. The van der Waals surface area contributed by atoms with Gasteiger partial charge in [-0.25, -0.2) is 4.79 Å². The maximum atomic E-state index is 11.7. The summed E-state index contributed by atoms with van der Waals surface area (Å²) in [6, 6.07) is 0. The van der Waals surface area contributed by atoms with Crippen molar-refractivity contribution >= 4 is 29.6 Å². The van der Waals surface area contributed by atoms with Crippen LogP contribution in [0.3, 0.4) is 0 Å². The summed E-state index contributed by atoms with van der Waals surface area (Å²) in [4.78, 5) is 23.1. The van der Waals surface area contributed by atoms with Gasteiger partial charge < -0.3 is 14.6 Å². The maximum Gasteiger partial charge on any atom is 0.407 e. The van der Waals surface area contributed by atoms with Crippen molar-refractivity contribution in [2.45, 2.75) is 74.0 Å². The summed E-state index contributed by atoms with van der Waals surface area (Å²) in [5, 5.41) is 3.04. The number of hydrogen-bond acceptors (Lipinski definition) is 3. The Morgan fingerprint density at radius 3 is 2.30 bits per heavy atom. The van der Waals surface area contributed by atoms with Crippen LogP contribution in [0.25, 0.3) is 5.57 Å². The molecule has 0 bridgehead atoms. The highest BCUT2D eigenvalue weighted by molar-refractivity contribution is 6.34. The minimum atomic E-state index is -0.557. The van der Waals surface area contributed by atoms with Gasteiger partial charge in [0.2, 0.25) is 0 Å². The Kier molecular flexibility index (Phi) is 16.5. The van der Waals surface area contributed by atoms with Crippen LogP contribution in [0.15, 0.2) is 37.1 Å². The third kappa shape index (κ3) is 11.7. The van der Waals surface area contributed by atoms with Crippen molar-refractivity contribution in [2.24, 2.45) is 0 Å². The summed E-state index contributed by atoms with van der Waals surface area (Å²) in [6.45, 7) is 19.9. The monoisotopic (exact) mass is 438 g/mol. The third-order valence-electron chi connectivity index (χ3n) is 3.14. The number of rotatable bonds is 7. The number of alkyl carbamates (subject to hydrolysis) is 1. The second kappa shape index (κ2) is 16.5. The first-order valence-corrected chi connectivity index (χ1v) is 10.8. The van der Waals surface area contributed by atoms with Crippen LogP contribution in [0.2, 0.25) is 5.02 Å². The van der Waals surface area contributed by atoms with E-state index in [1.807, 2.05) is 39.0 Å². The quantitative estimate of drug-likeness (QED) is 0.365. The molecule has 0 fully saturated rings. The topological polar surface area (TPSA) is 60.3 Å². The van der Waals surface area contributed by atoms with Crippen molar-refractivity contribution < 1.29 is 14.3 Å². The molecule has 0 aliphatic carbocycles. The van der Waals surface area contributed by atoms with E-state index in [9.17, 15) is 9.59 Å². The Morgan fingerprint density at radius 2 is 1.87 bits per heavy atom. The molecule has 0 aromatic carbocycles. The predicted octanol–water partition coefficient (Wildman–Crippen LogP) is 7.07. The fraction of sp³-hybridized carbons (Fsp3) is 0.500. The number of carbonyl (C=O) groups is 2. The molecular formula is C24H39ClN2O3. The van der Waals surface area contributed by atoms with Crippen LogP contribution in [0, 0.1) is 0 Å². The molecule has 0 aliphatic rings. The van der Waals surface area contributed by atoms with Crippen molar-refractivity contribution in [1.29, 1.82) is 0 Å². The number of aldehydes is 1. The van der Waals surface area contributed by atoms with Gasteiger partial charge in [0.05, 0.1) is 5.02 Å². The maximum absolute atomic E-state index is 11.7. The highest BCUT2D eigenvalue weighted by Gasteiger charge is 2.17. The number of halogens is 1. The number of amides is 1. The molecule has 1 amide bonds. The van der Waals surface area contributed by atoms with E-state index < -0.39 is 11.7 Å². The Morgan fingerprint density at radius 1 is 1.30 bits per heavy atom. The Balaban J connectivity index is 0. The van der Waals surface area contributed by atoms with Crippen molar-refractivity contribution in [1.82, 2.24) is 9.88 Å². The molecule has 0 radical (unpaired) electrons. The summed E-state index contributed by atoms with van der Waals surface area (Å²) in [5.74, 6) is 0. The average molecular weight is 439 g/mol. The summed E-state index contributed by atoms with van der Waals surface area (Å²) in [5.41, 5.74) is 1.39. The zero-order valence-electron chi connectivity index (χ0n) is 19.8. The first-order chi connectivity index (χ1) is 14.1. The number of nitrogens with zero attached hydrogens (tertiary/aromatic N) is 1. The smallest absolute Gasteiger partial charge is 0.407 e. The lowest BCUT2D eigenvalue weighted by atomic mass is 10.1. The van der Waals surface area contributed by atoms with Gasteiger partial charge in [-0.05, 0) is 33.3 Å². The van der Waals surface area contributed by atoms with Gasteiger partial charge in [-0.2, -0.15) is 0 Å². The fourth-order valence-corrected chi connectivity index (χ4v) is 2.50. The molecule has 0 atom stereocenters. The summed E-state index contributed by atoms with van der Waals surface area (Å²) < 4.78 is 6.89. The Labute approximate surface area is 187 Å². The summed E-state index contributed by atoms with van der Waals surface area (Å²) in [7, 11) is 0. The first-order valence-electron chi connectivity index (χ1n) is 10.4. The van der Waals surface area contributed by atoms with Gasteiger partial charge in [-0.3, -0.25) is 4.79 Å². The Bertz CT molecular complexity index is 711. The minimum absolute atomic E-state index is 0.310. The van der Waals surface area contributed by atoms with Gasteiger partial charge in [0.1, 0.15) is 11.3 Å². The van der Waals surface area contributed by atoms with E-state index in [2.05, 4.69) is 25.7 Å². The van der Waals surface area contributed by atoms with Gasteiger partial charge in [0.25, 0.3) is 0 Å². The van der Waals surface area contributed by atoms with Gasteiger partial charge in [0, 0.05) is 24.8 Å². The van der Waals surface area contributed by atoms with Gasteiger partial charge in [-0.15, -0.1) is 0 Å². The molecule has 5 nitrogen and oxygen atoms in total. The van der Waals surface area contributed by atoms with Crippen LogP contribution < -0.4 is 5.32 Å². The lowest BCUT2D eigenvalue weighted by Gasteiger charge is -2.19. The van der Waals surface area contributed by atoms with E-state index in [4.69, 9.17) is 16.3 Å². The van der Waals surface area contributed by atoms with Crippen LogP contribution in [-0.2, 0) is 11.3 Å². The minimum Gasteiger partial charge on any atom is -0.444 e. The van der Waals surface area contributed by atoms with Crippen LogP contribution in [-0.4, -0.2) is 29.1 Å². The summed E-state index contributed by atoms with van der Waals surface area (Å²) >= 11 is 6.35. The van der Waals surface area contributed by atoms with Crippen LogP contribution in [0.1, 0.15) is 77.9 Å². The molecule has 1 aromatic heterocycles. The molecule has 30 heavy (non-hydrogen) atoms. The molecule has 170 valence electrons. The standard InChI is InChI=1S/C19H25ClN2O3.C3H8.C2H6/c1-6-8-14(9-7-2)15-12-22(16(13-23)17(15)20)11-10-21-18(24)25-19(3,4)5;1-3-2;1-2/h6-9,12-13H,1,10-11H2,2-5H3,(H,21,24);3H2,1-2H3;1-2H3/b9-7-,14-8+;;. The SMILES string of the molecule is C=C/C=C(\C=C/C)c1cn(CCNC(=O)OC(C)(C)C)c(C=O)c1Cl.CC.CCC. The molecule has 0 saturated heterocycles. The fourth-order valence-electron chi connectivity index (χ4n) is 2.19. The molecule has 1 aromatic rings. The zero-order valence-corrected chi connectivity index (χ0v) is 20.6. The lowest BCUT2D eigenvalue weighted by Crippen LogP contribution is -2.34. The van der Waals surface area contributed by atoms with E-state index in [0.29, 0.717) is 30.1 Å². The molecule has 0 aliphatic heterocycles. The van der Waals surface area contributed by atoms with Crippen molar-refractivity contribution in [3.63, 3.8) is 0 Å². The highest BCUT2D eigenvalue weighted by atomic mass is 35.5. The van der Waals surface area contributed by atoms with Crippen molar-refractivity contribution in [3.05, 3.63) is 53.4 Å².